The van der Waals surface area contributed by atoms with Gasteiger partial charge in [0.05, 0.1) is 18.6 Å². The SMILES string of the molecule is CCOC(=O)C(C)Cc1nnc(-c2ccncc2)n1CCCC#N. The third-order valence-electron chi connectivity index (χ3n) is 3.61. The van der Waals surface area contributed by atoms with Crippen LogP contribution in [-0.4, -0.2) is 32.3 Å². The Hall–Kier alpha value is -2.75. The van der Waals surface area contributed by atoms with E-state index in [2.05, 4.69) is 21.3 Å². The van der Waals surface area contributed by atoms with Gasteiger partial charge in [-0.05, 0) is 25.5 Å². The predicted octanol–water partition coefficient (Wildman–Crippen LogP) is 2.39. The zero-order valence-corrected chi connectivity index (χ0v) is 14.0. The van der Waals surface area contributed by atoms with Crippen molar-refractivity contribution in [1.82, 2.24) is 19.7 Å². The molecule has 0 aliphatic carbocycles. The molecular weight excluding hydrogens is 306 g/mol. The van der Waals surface area contributed by atoms with Crippen molar-refractivity contribution < 1.29 is 9.53 Å². The summed E-state index contributed by atoms with van der Waals surface area (Å²) >= 11 is 0. The minimum absolute atomic E-state index is 0.241. The Morgan fingerprint density at radius 3 is 2.79 bits per heavy atom. The van der Waals surface area contributed by atoms with E-state index in [0.29, 0.717) is 32.4 Å². The molecule has 2 aromatic rings. The van der Waals surface area contributed by atoms with Gasteiger partial charge in [-0.15, -0.1) is 10.2 Å². The third-order valence-corrected chi connectivity index (χ3v) is 3.61. The van der Waals surface area contributed by atoms with Crippen LogP contribution >= 0.6 is 0 Å². The Balaban J connectivity index is 2.25. The average molecular weight is 327 g/mol. The highest BCUT2D eigenvalue weighted by atomic mass is 16.5. The molecule has 0 aliphatic rings. The van der Waals surface area contributed by atoms with Crippen LogP contribution in [0.25, 0.3) is 11.4 Å². The molecule has 0 bridgehead atoms. The zero-order chi connectivity index (χ0) is 17.4. The number of nitriles is 1. The molecule has 0 saturated carbocycles. The summed E-state index contributed by atoms with van der Waals surface area (Å²) in [5.41, 5.74) is 0.907. The lowest BCUT2D eigenvalue weighted by atomic mass is 10.1. The van der Waals surface area contributed by atoms with Gasteiger partial charge in [-0.25, -0.2) is 0 Å². The molecular formula is C17H21N5O2. The van der Waals surface area contributed by atoms with Gasteiger partial charge in [-0.2, -0.15) is 5.26 Å². The van der Waals surface area contributed by atoms with Crippen molar-refractivity contribution >= 4 is 5.97 Å². The molecule has 0 spiro atoms. The average Bonchev–Trinajstić information content (AvgIpc) is 2.99. The summed E-state index contributed by atoms with van der Waals surface area (Å²) in [6, 6.07) is 5.88. The highest BCUT2D eigenvalue weighted by Gasteiger charge is 2.20. The molecule has 0 saturated heterocycles. The molecule has 1 unspecified atom stereocenters. The van der Waals surface area contributed by atoms with E-state index in [4.69, 9.17) is 10.00 Å². The first-order valence-corrected chi connectivity index (χ1v) is 8.03. The summed E-state index contributed by atoms with van der Waals surface area (Å²) in [6.45, 7) is 4.60. The lowest BCUT2D eigenvalue weighted by Gasteiger charge is -2.13. The summed E-state index contributed by atoms with van der Waals surface area (Å²) in [5.74, 6) is 0.908. The van der Waals surface area contributed by atoms with Crippen LogP contribution in [0.1, 0.15) is 32.5 Å². The Bertz CT molecular complexity index is 706. The number of hydrogen-bond acceptors (Lipinski definition) is 6. The van der Waals surface area contributed by atoms with E-state index in [0.717, 1.165) is 17.2 Å². The molecule has 2 rings (SSSR count). The van der Waals surface area contributed by atoms with Crippen molar-refractivity contribution in [2.75, 3.05) is 6.61 Å². The maximum atomic E-state index is 11.9. The highest BCUT2D eigenvalue weighted by Crippen LogP contribution is 2.20. The van der Waals surface area contributed by atoms with Gasteiger partial charge < -0.3 is 9.30 Å². The molecule has 0 aliphatic heterocycles. The number of ether oxygens (including phenoxy) is 1. The Labute approximate surface area is 141 Å². The largest absolute Gasteiger partial charge is 0.466 e. The fourth-order valence-corrected chi connectivity index (χ4v) is 2.39. The molecule has 1 atom stereocenters. The second-order valence-corrected chi connectivity index (χ2v) is 5.45. The van der Waals surface area contributed by atoms with E-state index in [-0.39, 0.29) is 11.9 Å². The van der Waals surface area contributed by atoms with E-state index in [9.17, 15) is 4.79 Å². The number of unbranched alkanes of at least 4 members (excludes halogenated alkanes) is 1. The maximum Gasteiger partial charge on any atom is 0.309 e. The first kappa shape index (κ1) is 17.6. The molecule has 24 heavy (non-hydrogen) atoms. The molecule has 2 heterocycles. The van der Waals surface area contributed by atoms with Crippen molar-refractivity contribution in [3.05, 3.63) is 30.4 Å². The fraction of sp³-hybridized carbons (Fsp3) is 0.471. The number of aromatic nitrogens is 4. The molecule has 0 fully saturated rings. The van der Waals surface area contributed by atoms with Crippen LogP contribution in [0.3, 0.4) is 0 Å². The molecule has 0 radical (unpaired) electrons. The van der Waals surface area contributed by atoms with Gasteiger partial charge in [-0.3, -0.25) is 9.78 Å². The number of hydrogen-bond donors (Lipinski definition) is 0. The van der Waals surface area contributed by atoms with E-state index in [1.54, 1.807) is 19.3 Å². The van der Waals surface area contributed by atoms with E-state index >= 15 is 0 Å². The second kappa shape index (κ2) is 8.77. The van der Waals surface area contributed by atoms with E-state index in [1.165, 1.54) is 0 Å². The normalized spacial score (nSPS) is 11.7. The molecule has 7 nitrogen and oxygen atoms in total. The van der Waals surface area contributed by atoms with Gasteiger partial charge >= 0.3 is 5.97 Å². The van der Waals surface area contributed by atoms with Crippen molar-refractivity contribution in [2.45, 2.75) is 39.7 Å². The van der Waals surface area contributed by atoms with Crippen LogP contribution in [0.2, 0.25) is 0 Å². The van der Waals surface area contributed by atoms with Crippen LogP contribution in [0.5, 0.6) is 0 Å². The van der Waals surface area contributed by atoms with Gasteiger partial charge in [0.2, 0.25) is 0 Å². The smallest absolute Gasteiger partial charge is 0.309 e. The monoisotopic (exact) mass is 327 g/mol. The minimum Gasteiger partial charge on any atom is -0.466 e. The number of pyridine rings is 1. The summed E-state index contributed by atoms with van der Waals surface area (Å²) in [5, 5.41) is 17.3. The zero-order valence-electron chi connectivity index (χ0n) is 14.0. The first-order chi connectivity index (χ1) is 11.7. The van der Waals surface area contributed by atoms with Crippen molar-refractivity contribution in [3.63, 3.8) is 0 Å². The van der Waals surface area contributed by atoms with E-state index < -0.39 is 0 Å². The quantitative estimate of drug-likeness (QED) is 0.546. The molecule has 0 amide bonds. The number of carbonyl (C=O) groups excluding carboxylic acids is 1. The third kappa shape index (κ3) is 4.38. The summed E-state index contributed by atoms with van der Waals surface area (Å²) in [4.78, 5) is 15.9. The molecule has 7 heteroatoms. The number of rotatable bonds is 8. The van der Waals surface area contributed by atoms with Gasteiger partial charge in [0.25, 0.3) is 0 Å². The van der Waals surface area contributed by atoms with Gasteiger partial charge in [0.15, 0.2) is 5.82 Å². The number of carbonyl (C=O) groups is 1. The van der Waals surface area contributed by atoms with Gasteiger partial charge in [0.1, 0.15) is 5.82 Å². The van der Waals surface area contributed by atoms with Crippen molar-refractivity contribution in [1.29, 1.82) is 5.26 Å². The molecule has 0 N–H and O–H groups in total. The van der Waals surface area contributed by atoms with Crippen LogP contribution < -0.4 is 0 Å². The Morgan fingerprint density at radius 2 is 2.12 bits per heavy atom. The fourth-order valence-electron chi connectivity index (χ4n) is 2.39. The van der Waals surface area contributed by atoms with Crippen LogP contribution in [-0.2, 0) is 22.5 Å². The Morgan fingerprint density at radius 1 is 1.38 bits per heavy atom. The molecule has 0 aromatic carbocycles. The Kier molecular flexibility index (Phi) is 6.43. The van der Waals surface area contributed by atoms with Gasteiger partial charge in [-0.1, -0.05) is 6.92 Å². The number of nitrogens with zero attached hydrogens (tertiary/aromatic N) is 5. The molecule has 2 aromatic heterocycles. The maximum absolute atomic E-state index is 11.9. The van der Waals surface area contributed by atoms with Crippen molar-refractivity contribution in [2.24, 2.45) is 5.92 Å². The lowest BCUT2D eigenvalue weighted by molar-refractivity contribution is -0.147. The minimum atomic E-state index is -0.297. The van der Waals surface area contributed by atoms with Crippen LogP contribution in [0.4, 0.5) is 0 Å². The summed E-state index contributed by atoms with van der Waals surface area (Å²) in [6.07, 6.45) is 5.01. The van der Waals surface area contributed by atoms with E-state index in [1.807, 2.05) is 23.6 Å². The standard InChI is InChI=1S/C17H21N5O2/c1-3-24-17(23)13(2)12-15-20-21-16(14-6-9-19-10-7-14)22(15)11-5-4-8-18/h6-7,9-10,13H,3-5,11-12H2,1-2H3. The highest BCUT2D eigenvalue weighted by molar-refractivity contribution is 5.72. The van der Waals surface area contributed by atoms with Crippen molar-refractivity contribution in [3.8, 4) is 17.5 Å². The molecule has 126 valence electrons. The predicted molar refractivity (Wildman–Crippen MR) is 87.6 cm³/mol. The summed E-state index contributed by atoms with van der Waals surface area (Å²) < 4.78 is 7.03. The number of esters is 1. The topological polar surface area (TPSA) is 93.7 Å². The summed E-state index contributed by atoms with van der Waals surface area (Å²) in [7, 11) is 0. The van der Waals surface area contributed by atoms with Gasteiger partial charge in [0, 0.05) is 37.3 Å². The lowest BCUT2D eigenvalue weighted by Crippen LogP contribution is -2.19. The van der Waals surface area contributed by atoms with Crippen LogP contribution in [0.15, 0.2) is 24.5 Å². The van der Waals surface area contributed by atoms with Crippen LogP contribution in [0, 0.1) is 17.2 Å². The first-order valence-electron chi connectivity index (χ1n) is 8.03. The second-order valence-electron chi connectivity index (χ2n) is 5.45.